The van der Waals surface area contributed by atoms with E-state index in [2.05, 4.69) is 0 Å². The quantitative estimate of drug-likeness (QED) is 0.565. The van der Waals surface area contributed by atoms with Gasteiger partial charge in [0.15, 0.2) is 0 Å². The van der Waals surface area contributed by atoms with Gasteiger partial charge in [0, 0.05) is 0 Å². The molecule has 0 fully saturated rings. The van der Waals surface area contributed by atoms with Crippen LogP contribution >= 0.6 is 0 Å². The Hall–Kier alpha value is -1.10. The molecule has 0 saturated carbocycles. The Balaban J connectivity index is 2.71. The van der Waals surface area contributed by atoms with E-state index in [0.29, 0.717) is 5.57 Å². The van der Waals surface area contributed by atoms with E-state index in [-0.39, 0.29) is 18.2 Å². The summed E-state index contributed by atoms with van der Waals surface area (Å²) < 4.78 is 12.9. The number of rotatable bonds is 1. The highest BCUT2D eigenvalue weighted by atomic mass is 19.1. The summed E-state index contributed by atoms with van der Waals surface area (Å²) in [6, 6.07) is 1.93. The van der Waals surface area contributed by atoms with Crippen molar-refractivity contribution in [3.05, 3.63) is 23.6 Å². The number of nitriles is 1. The van der Waals surface area contributed by atoms with Gasteiger partial charge in [-0.15, -0.1) is 0 Å². The molecule has 0 bridgehead atoms. The fourth-order valence-electron chi connectivity index (χ4n) is 1.09. The second-order valence-electron chi connectivity index (χ2n) is 2.79. The van der Waals surface area contributed by atoms with Gasteiger partial charge in [0.25, 0.3) is 0 Å². The third-order valence-corrected chi connectivity index (χ3v) is 1.74. The second-order valence-corrected chi connectivity index (χ2v) is 2.79. The maximum atomic E-state index is 12.9. The minimum absolute atomic E-state index is 0.190. The molecule has 0 N–H and O–H groups in total. The monoisotopic (exact) mass is 151 g/mol. The lowest BCUT2D eigenvalue weighted by Gasteiger charge is -2.11. The number of halogens is 1. The van der Waals surface area contributed by atoms with Crippen LogP contribution in [0.1, 0.15) is 19.8 Å². The molecule has 0 aromatic heterocycles. The smallest absolute Gasteiger partial charge is 0.123 e. The Morgan fingerprint density at radius 1 is 1.82 bits per heavy atom. The highest BCUT2D eigenvalue weighted by Crippen LogP contribution is 2.25. The molecule has 0 aromatic rings. The highest BCUT2D eigenvalue weighted by Gasteiger charge is 2.11. The summed E-state index contributed by atoms with van der Waals surface area (Å²) in [5, 5.41) is 8.32. The van der Waals surface area contributed by atoms with Crippen LogP contribution in [0.15, 0.2) is 23.6 Å². The van der Waals surface area contributed by atoms with E-state index in [9.17, 15) is 4.39 Å². The molecule has 0 radical (unpaired) electrons. The van der Waals surface area contributed by atoms with Crippen LogP contribution in [-0.4, -0.2) is 0 Å². The molecule has 1 aliphatic rings. The van der Waals surface area contributed by atoms with Crippen molar-refractivity contribution >= 4 is 0 Å². The van der Waals surface area contributed by atoms with Crippen LogP contribution in [0.3, 0.4) is 0 Å². The van der Waals surface area contributed by atoms with Crippen molar-refractivity contribution in [1.82, 2.24) is 0 Å². The first kappa shape index (κ1) is 8.00. The summed E-state index contributed by atoms with van der Waals surface area (Å²) in [6.45, 7) is 1.96. The Morgan fingerprint density at radius 2 is 2.55 bits per heavy atom. The van der Waals surface area contributed by atoms with Gasteiger partial charge in [0.1, 0.15) is 5.83 Å². The van der Waals surface area contributed by atoms with Crippen LogP contribution in [0, 0.1) is 17.2 Å². The Labute approximate surface area is 65.8 Å². The van der Waals surface area contributed by atoms with Crippen molar-refractivity contribution in [2.75, 3.05) is 0 Å². The third kappa shape index (κ3) is 1.91. The van der Waals surface area contributed by atoms with Crippen LogP contribution in [0.4, 0.5) is 4.39 Å². The first-order chi connectivity index (χ1) is 5.24. The minimum Gasteiger partial charge on any atom is -0.207 e. The molecule has 1 aliphatic carbocycles. The lowest BCUT2D eigenvalue weighted by atomic mass is 9.96. The molecule has 0 saturated heterocycles. The Morgan fingerprint density at radius 3 is 3.09 bits per heavy atom. The first-order valence-corrected chi connectivity index (χ1v) is 3.67. The summed E-state index contributed by atoms with van der Waals surface area (Å²) >= 11 is 0. The summed E-state index contributed by atoms with van der Waals surface area (Å²) in [6.07, 6.45) is 4.43. The van der Waals surface area contributed by atoms with E-state index < -0.39 is 0 Å². The van der Waals surface area contributed by atoms with Crippen molar-refractivity contribution in [2.24, 2.45) is 5.92 Å². The molecule has 0 heterocycles. The molecule has 0 aromatic carbocycles. The van der Waals surface area contributed by atoms with Crippen LogP contribution in [0.2, 0.25) is 0 Å². The normalized spacial score (nSPS) is 23.5. The van der Waals surface area contributed by atoms with Gasteiger partial charge in [-0.2, -0.15) is 5.26 Å². The van der Waals surface area contributed by atoms with E-state index >= 15 is 0 Å². The summed E-state index contributed by atoms with van der Waals surface area (Å²) in [5.41, 5.74) is 0.547. The van der Waals surface area contributed by atoms with Crippen molar-refractivity contribution < 1.29 is 4.39 Å². The number of allylic oxidation sites excluding steroid dienone is 4. The van der Waals surface area contributed by atoms with Gasteiger partial charge in [-0.25, -0.2) is 4.39 Å². The average molecular weight is 151 g/mol. The van der Waals surface area contributed by atoms with Gasteiger partial charge >= 0.3 is 0 Å². The van der Waals surface area contributed by atoms with Gasteiger partial charge in [0.05, 0.1) is 12.5 Å². The Bertz CT molecular complexity index is 245. The fraction of sp³-hybridized carbons (Fsp3) is 0.444. The summed E-state index contributed by atoms with van der Waals surface area (Å²) in [5.74, 6) is 0.0581. The maximum absolute atomic E-state index is 12.9. The van der Waals surface area contributed by atoms with Crippen LogP contribution in [0.5, 0.6) is 0 Å². The zero-order valence-electron chi connectivity index (χ0n) is 6.47. The molecule has 1 atom stereocenters. The van der Waals surface area contributed by atoms with Crippen molar-refractivity contribution in [1.29, 1.82) is 5.26 Å². The van der Waals surface area contributed by atoms with E-state index in [1.54, 1.807) is 6.08 Å². The van der Waals surface area contributed by atoms with Gasteiger partial charge in [0.2, 0.25) is 0 Å². The maximum Gasteiger partial charge on any atom is 0.123 e. The van der Waals surface area contributed by atoms with Gasteiger partial charge in [-0.05, 0) is 24.0 Å². The predicted molar refractivity (Wildman–Crippen MR) is 41.3 cm³/mol. The largest absolute Gasteiger partial charge is 0.207 e. The van der Waals surface area contributed by atoms with E-state index in [1.807, 2.05) is 19.1 Å². The molecule has 1 unspecified atom stereocenters. The predicted octanol–water partition coefficient (Wildman–Crippen LogP) is 2.72. The molecule has 0 aliphatic heterocycles. The molecule has 1 rings (SSSR count). The van der Waals surface area contributed by atoms with E-state index in [1.165, 1.54) is 0 Å². The zero-order chi connectivity index (χ0) is 8.27. The average Bonchev–Trinajstić information content (AvgIpc) is 1.95. The lowest BCUT2D eigenvalue weighted by molar-refractivity contribution is 0.596. The zero-order valence-corrected chi connectivity index (χ0v) is 6.47. The van der Waals surface area contributed by atoms with Gasteiger partial charge < -0.3 is 0 Å². The second kappa shape index (κ2) is 3.34. The molecular formula is C9H10FN. The molecule has 1 nitrogen and oxygen atoms in total. The Kier molecular flexibility index (Phi) is 2.43. The number of nitrogens with zero attached hydrogens (tertiary/aromatic N) is 1. The van der Waals surface area contributed by atoms with Gasteiger partial charge in [-0.1, -0.05) is 13.0 Å². The van der Waals surface area contributed by atoms with Crippen LogP contribution in [-0.2, 0) is 0 Å². The molecule has 58 valence electrons. The minimum atomic E-state index is -0.217. The van der Waals surface area contributed by atoms with Crippen molar-refractivity contribution in [3.8, 4) is 6.07 Å². The topological polar surface area (TPSA) is 23.8 Å². The third-order valence-electron chi connectivity index (χ3n) is 1.74. The summed E-state index contributed by atoms with van der Waals surface area (Å²) in [7, 11) is 0. The summed E-state index contributed by atoms with van der Waals surface area (Å²) in [4.78, 5) is 0. The fourth-order valence-corrected chi connectivity index (χ4v) is 1.09. The number of hydrogen-bond acceptors (Lipinski definition) is 1. The standard InChI is InChI=1S/C9H10FN/c1-7-2-3-8(4-5-11)9(10)6-7/h3,6-7H,2,4H2,1H3. The molecular weight excluding hydrogens is 141 g/mol. The first-order valence-electron chi connectivity index (χ1n) is 3.67. The lowest BCUT2D eigenvalue weighted by Crippen LogP contribution is -1.97. The molecule has 2 heteroatoms. The van der Waals surface area contributed by atoms with E-state index in [0.717, 1.165) is 6.42 Å². The molecule has 0 amide bonds. The SMILES string of the molecule is CC1C=C(F)C(CC#N)=CC1. The van der Waals surface area contributed by atoms with Crippen molar-refractivity contribution in [2.45, 2.75) is 19.8 Å². The molecule has 0 spiro atoms. The van der Waals surface area contributed by atoms with Crippen LogP contribution < -0.4 is 0 Å². The number of hydrogen-bond donors (Lipinski definition) is 0. The highest BCUT2D eigenvalue weighted by molar-refractivity contribution is 5.31. The van der Waals surface area contributed by atoms with Crippen LogP contribution in [0.25, 0.3) is 0 Å². The van der Waals surface area contributed by atoms with Gasteiger partial charge in [-0.3, -0.25) is 0 Å². The van der Waals surface area contributed by atoms with E-state index in [4.69, 9.17) is 5.26 Å². The van der Waals surface area contributed by atoms with Crippen molar-refractivity contribution in [3.63, 3.8) is 0 Å². The molecule has 11 heavy (non-hydrogen) atoms.